The van der Waals surface area contributed by atoms with Crippen LogP contribution in [0, 0.1) is 4.77 Å². The van der Waals surface area contributed by atoms with Crippen molar-refractivity contribution in [3.8, 4) is 10.7 Å². The molecule has 2 aromatic heterocycles. The Balaban J connectivity index is 2.48. The Morgan fingerprint density at radius 2 is 2.21 bits per heavy atom. The fourth-order valence-electron chi connectivity index (χ4n) is 1.56. The van der Waals surface area contributed by atoms with Crippen LogP contribution >= 0.6 is 23.6 Å². The van der Waals surface area contributed by atoms with E-state index in [1.807, 2.05) is 17.5 Å². The van der Waals surface area contributed by atoms with Gasteiger partial charge in [-0.3, -0.25) is 9.67 Å². The van der Waals surface area contributed by atoms with Gasteiger partial charge in [-0.05, 0) is 37.5 Å². The first kappa shape index (κ1) is 14.4. The number of aromatic amines is 1. The van der Waals surface area contributed by atoms with E-state index in [9.17, 15) is 8.42 Å². The number of H-pyrrole nitrogens is 1. The Labute approximate surface area is 121 Å². The Hall–Kier alpha value is -0.990. The van der Waals surface area contributed by atoms with Gasteiger partial charge in [0.05, 0.1) is 9.62 Å². The van der Waals surface area contributed by atoms with Crippen molar-refractivity contribution in [3.63, 3.8) is 0 Å². The average molecular weight is 317 g/mol. The molecular weight excluding hydrogens is 302 g/mol. The molecule has 0 saturated carbocycles. The summed E-state index contributed by atoms with van der Waals surface area (Å²) in [5.41, 5.74) is 0. The van der Waals surface area contributed by atoms with Gasteiger partial charge >= 0.3 is 0 Å². The molecule has 0 aliphatic carbocycles. The zero-order chi connectivity index (χ0) is 14.3. The number of nitrogens with zero attached hydrogens (tertiary/aromatic N) is 2. The van der Waals surface area contributed by atoms with Gasteiger partial charge in [-0.15, -0.1) is 11.3 Å². The highest BCUT2D eigenvalue weighted by atomic mass is 32.2. The van der Waals surface area contributed by atoms with Gasteiger partial charge in [0, 0.05) is 12.8 Å². The first-order chi connectivity index (χ1) is 8.72. The van der Waals surface area contributed by atoms with Crippen molar-refractivity contribution >= 4 is 33.4 Å². The standard InChI is InChI=1S/C11H15N3O2S3/c1-11(2,19(3,15)16)7-14-9(12-13-10(14)17)8-5-4-6-18-8/h4-6H,7H2,1-3H3,(H,13,17). The van der Waals surface area contributed by atoms with Crippen LogP contribution in [0.4, 0.5) is 0 Å². The Bertz CT molecular complexity index is 724. The summed E-state index contributed by atoms with van der Waals surface area (Å²) in [6, 6.07) is 3.85. The minimum Gasteiger partial charge on any atom is -0.298 e. The summed E-state index contributed by atoms with van der Waals surface area (Å²) in [5, 5.41) is 8.86. The number of nitrogens with one attached hydrogen (secondary N) is 1. The largest absolute Gasteiger partial charge is 0.298 e. The third kappa shape index (κ3) is 2.80. The highest BCUT2D eigenvalue weighted by molar-refractivity contribution is 7.92. The van der Waals surface area contributed by atoms with E-state index in [1.54, 1.807) is 18.4 Å². The van der Waals surface area contributed by atoms with Crippen molar-refractivity contribution in [2.24, 2.45) is 0 Å². The number of aromatic nitrogens is 3. The van der Waals surface area contributed by atoms with E-state index in [2.05, 4.69) is 10.2 Å². The van der Waals surface area contributed by atoms with E-state index in [1.165, 1.54) is 17.6 Å². The van der Waals surface area contributed by atoms with E-state index < -0.39 is 14.6 Å². The Kier molecular flexibility index (Phi) is 3.67. The first-order valence-corrected chi connectivity index (χ1v) is 8.79. The molecule has 0 aliphatic heterocycles. The molecule has 19 heavy (non-hydrogen) atoms. The third-order valence-corrected chi connectivity index (χ3v) is 6.36. The lowest BCUT2D eigenvalue weighted by atomic mass is 10.2. The van der Waals surface area contributed by atoms with E-state index >= 15 is 0 Å². The lowest BCUT2D eigenvalue weighted by Gasteiger charge is -2.23. The first-order valence-electron chi connectivity index (χ1n) is 5.61. The van der Waals surface area contributed by atoms with Gasteiger partial charge in [0.15, 0.2) is 20.4 Å². The van der Waals surface area contributed by atoms with E-state index in [4.69, 9.17) is 12.2 Å². The summed E-state index contributed by atoms with van der Waals surface area (Å²) in [7, 11) is -3.19. The molecule has 0 spiro atoms. The van der Waals surface area contributed by atoms with Gasteiger partial charge in [0.1, 0.15) is 0 Å². The van der Waals surface area contributed by atoms with Crippen LogP contribution in [0.1, 0.15) is 13.8 Å². The van der Waals surface area contributed by atoms with Crippen LogP contribution in [0.15, 0.2) is 17.5 Å². The van der Waals surface area contributed by atoms with Crippen LogP contribution in [-0.4, -0.2) is 34.2 Å². The zero-order valence-corrected chi connectivity index (χ0v) is 13.3. The maximum absolute atomic E-state index is 11.8. The molecule has 0 aromatic carbocycles. The van der Waals surface area contributed by atoms with Crippen molar-refractivity contribution in [3.05, 3.63) is 22.3 Å². The van der Waals surface area contributed by atoms with Gasteiger partial charge in [-0.2, -0.15) is 5.10 Å². The monoisotopic (exact) mass is 317 g/mol. The molecule has 2 rings (SSSR count). The quantitative estimate of drug-likeness (QED) is 0.880. The zero-order valence-electron chi connectivity index (χ0n) is 10.9. The highest BCUT2D eigenvalue weighted by Gasteiger charge is 2.32. The van der Waals surface area contributed by atoms with E-state index in [0.29, 0.717) is 10.6 Å². The van der Waals surface area contributed by atoms with Crippen molar-refractivity contribution in [1.29, 1.82) is 0 Å². The predicted octanol–water partition coefficient (Wildman–Crippen LogP) is 2.49. The predicted molar refractivity (Wildman–Crippen MR) is 79.6 cm³/mol. The van der Waals surface area contributed by atoms with Gasteiger partial charge in [-0.1, -0.05) is 6.07 Å². The number of rotatable bonds is 4. The van der Waals surface area contributed by atoms with Crippen LogP contribution < -0.4 is 0 Å². The lowest BCUT2D eigenvalue weighted by Crippen LogP contribution is -2.36. The van der Waals surface area contributed by atoms with Gasteiger partial charge in [0.2, 0.25) is 0 Å². The van der Waals surface area contributed by atoms with E-state index in [-0.39, 0.29) is 6.54 Å². The second-order valence-corrected chi connectivity index (χ2v) is 8.93. The smallest absolute Gasteiger partial charge is 0.195 e. The minimum atomic E-state index is -3.19. The van der Waals surface area contributed by atoms with Crippen LogP contribution in [0.25, 0.3) is 10.7 Å². The minimum absolute atomic E-state index is 0.272. The molecular formula is C11H15N3O2S3. The molecule has 0 atom stereocenters. The molecule has 2 aromatic rings. The maximum Gasteiger partial charge on any atom is 0.195 e. The molecule has 5 nitrogen and oxygen atoms in total. The second-order valence-electron chi connectivity index (χ2n) is 4.95. The molecule has 0 unspecified atom stereocenters. The molecule has 0 radical (unpaired) electrons. The molecule has 104 valence electrons. The Morgan fingerprint density at radius 3 is 2.74 bits per heavy atom. The molecule has 0 amide bonds. The van der Waals surface area contributed by atoms with Crippen LogP contribution in [0.5, 0.6) is 0 Å². The molecule has 8 heteroatoms. The SMILES string of the molecule is CC(C)(Cn1c(-c2cccs2)n[nH]c1=S)S(C)(=O)=O. The average Bonchev–Trinajstić information content (AvgIpc) is 2.88. The number of hydrogen-bond donors (Lipinski definition) is 1. The number of thiophene rings is 1. The summed E-state index contributed by atoms with van der Waals surface area (Å²) in [6.45, 7) is 3.65. The van der Waals surface area contributed by atoms with Crippen LogP contribution in [-0.2, 0) is 16.4 Å². The summed E-state index contributed by atoms with van der Waals surface area (Å²) >= 11 is 6.73. The summed E-state index contributed by atoms with van der Waals surface area (Å²) in [5.74, 6) is 0.678. The van der Waals surface area contributed by atoms with Crippen molar-refractivity contribution in [2.75, 3.05) is 6.26 Å². The van der Waals surface area contributed by atoms with Gasteiger partial charge < -0.3 is 0 Å². The lowest BCUT2D eigenvalue weighted by molar-refractivity contribution is 0.502. The third-order valence-electron chi connectivity index (χ3n) is 3.04. The van der Waals surface area contributed by atoms with Crippen LogP contribution in [0.3, 0.4) is 0 Å². The summed E-state index contributed by atoms with van der Waals surface area (Å²) < 4.78 is 24.9. The molecule has 0 saturated heterocycles. The number of sulfone groups is 1. The van der Waals surface area contributed by atoms with Crippen molar-refractivity contribution < 1.29 is 8.42 Å². The summed E-state index contributed by atoms with van der Waals surface area (Å²) in [6.07, 6.45) is 1.24. The molecule has 0 fully saturated rings. The van der Waals surface area contributed by atoms with Crippen LogP contribution in [0.2, 0.25) is 0 Å². The fraction of sp³-hybridized carbons (Fsp3) is 0.455. The molecule has 0 aliphatic rings. The van der Waals surface area contributed by atoms with E-state index in [0.717, 1.165) is 4.88 Å². The second kappa shape index (κ2) is 4.84. The van der Waals surface area contributed by atoms with Gasteiger partial charge in [-0.25, -0.2) is 8.42 Å². The molecule has 2 heterocycles. The molecule has 1 N–H and O–H groups in total. The highest BCUT2D eigenvalue weighted by Crippen LogP contribution is 2.26. The Morgan fingerprint density at radius 1 is 1.53 bits per heavy atom. The van der Waals surface area contributed by atoms with Crippen molar-refractivity contribution in [1.82, 2.24) is 14.8 Å². The van der Waals surface area contributed by atoms with Crippen molar-refractivity contribution in [2.45, 2.75) is 25.1 Å². The maximum atomic E-state index is 11.8. The van der Waals surface area contributed by atoms with Gasteiger partial charge in [0.25, 0.3) is 0 Å². The fourth-order valence-corrected chi connectivity index (χ4v) is 2.84. The summed E-state index contributed by atoms with van der Waals surface area (Å²) in [4.78, 5) is 0.955. The molecule has 0 bridgehead atoms. The normalized spacial score (nSPS) is 12.8. The topological polar surface area (TPSA) is 67.8 Å². The number of hydrogen-bond acceptors (Lipinski definition) is 5.